The van der Waals surface area contributed by atoms with E-state index in [9.17, 15) is 9.90 Å². The first-order valence-electron chi connectivity index (χ1n) is 18.4. The molecular formula is C42H45N5O5Si. The van der Waals surface area contributed by atoms with E-state index in [0.717, 1.165) is 33.9 Å². The number of ether oxygens (including phenoxy) is 2. The van der Waals surface area contributed by atoms with E-state index in [0.29, 0.717) is 31.6 Å². The molecule has 10 nitrogen and oxygen atoms in total. The lowest BCUT2D eigenvalue weighted by Gasteiger charge is -2.37. The van der Waals surface area contributed by atoms with Crippen LogP contribution >= 0.6 is 0 Å². The van der Waals surface area contributed by atoms with Crippen molar-refractivity contribution in [3.63, 3.8) is 0 Å². The number of aliphatic hydroxyl groups is 1. The van der Waals surface area contributed by atoms with E-state index in [2.05, 4.69) is 42.5 Å². The summed E-state index contributed by atoms with van der Waals surface area (Å²) in [6.45, 7) is 8.01. The maximum atomic E-state index is 15.3. The monoisotopic (exact) mass is 727 g/mol. The smallest absolute Gasteiger partial charge is 0.268 e. The summed E-state index contributed by atoms with van der Waals surface area (Å²) in [4.78, 5) is 31.5. The van der Waals surface area contributed by atoms with Gasteiger partial charge in [-0.05, 0) is 60.0 Å². The van der Waals surface area contributed by atoms with Crippen molar-refractivity contribution in [1.82, 2.24) is 15.0 Å². The fourth-order valence-corrected chi connectivity index (χ4v) is 13.0. The number of aryl methyl sites for hydroxylation is 1. The lowest BCUT2D eigenvalue weighted by Crippen LogP contribution is -2.51. The minimum absolute atomic E-state index is 0.0233. The second-order valence-corrected chi connectivity index (χ2v) is 19.7. The number of aromatic nitrogens is 3. The first-order valence-corrected chi connectivity index (χ1v) is 21.5. The van der Waals surface area contributed by atoms with Crippen LogP contribution in [-0.2, 0) is 26.5 Å². The van der Waals surface area contributed by atoms with Gasteiger partial charge in [0.15, 0.2) is 5.60 Å². The average molecular weight is 728 g/mol. The fraction of sp³-hybridized carbons (Fsp3) is 0.333. The van der Waals surface area contributed by atoms with Crippen LogP contribution < -0.4 is 19.7 Å². The molecule has 11 heteroatoms. The molecule has 53 heavy (non-hydrogen) atoms. The summed E-state index contributed by atoms with van der Waals surface area (Å²) >= 11 is 0. The van der Waals surface area contributed by atoms with E-state index in [-0.39, 0.29) is 41.9 Å². The van der Waals surface area contributed by atoms with Crippen molar-refractivity contribution < 1.29 is 24.2 Å². The summed E-state index contributed by atoms with van der Waals surface area (Å²) in [7, 11) is -0.718. The lowest BCUT2D eigenvalue weighted by atomic mass is 9.82. The summed E-state index contributed by atoms with van der Waals surface area (Å²) in [6.07, 6.45) is 2.72. The molecule has 1 aromatic heterocycles. The Labute approximate surface area is 311 Å². The number of hydrogen-bond acceptors (Lipinski definition) is 7. The number of amides is 2. The maximum absolute atomic E-state index is 15.3. The van der Waals surface area contributed by atoms with Gasteiger partial charge in [-0.3, -0.25) is 19.2 Å². The molecule has 3 aliphatic rings. The van der Waals surface area contributed by atoms with E-state index in [4.69, 9.17) is 9.47 Å². The number of rotatable bonds is 11. The van der Waals surface area contributed by atoms with Crippen molar-refractivity contribution in [2.75, 3.05) is 30.1 Å². The average Bonchev–Trinajstić information content (AvgIpc) is 3.84. The van der Waals surface area contributed by atoms with Crippen molar-refractivity contribution in [3.05, 3.63) is 126 Å². The van der Waals surface area contributed by atoms with Crippen molar-refractivity contribution in [2.45, 2.75) is 62.6 Å². The predicted molar refractivity (Wildman–Crippen MR) is 207 cm³/mol. The second-order valence-electron chi connectivity index (χ2n) is 15.0. The van der Waals surface area contributed by atoms with Crippen LogP contribution in [0, 0.1) is 5.92 Å². The Bertz CT molecular complexity index is 2120. The van der Waals surface area contributed by atoms with E-state index < -0.39 is 13.7 Å². The van der Waals surface area contributed by atoms with E-state index >= 15 is 4.79 Å². The molecule has 4 heterocycles. The van der Waals surface area contributed by atoms with Crippen LogP contribution in [0.5, 0.6) is 5.75 Å². The number of carbonyl (C=O) groups excluding carboxylic acids is 2. The summed E-state index contributed by atoms with van der Waals surface area (Å²) in [6, 6.07) is 33.9. The van der Waals surface area contributed by atoms with E-state index in [1.807, 2.05) is 102 Å². The highest BCUT2D eigenvalue weighted by Gasteiger charge is 2.66. The normalized spacial score (nSPS) is 23.0. The minimum Gasteiger partial charge on any atom is -0.497 e. The number of carbonyl (C=O) groups is 2. The Hall–Kier alpha value is -5.10. The van der Waals surface area contributed by atoms with Crippen LogP contribution in [0.3, 0.4) is 0 Å². The van der Waals surface area contributed by atoms with E-state index in [1.54, 1.807) is 16.9 Å². The Balaban J connectivity index is 1.20. The van der Waals surface area contributed by atoms with Gasteiger partial charge in [-0.2, -0.15) is 0 Å². The number of methoxy groups -OCH3 is 1. The Kier molecular flexibility index (Phi) is 9.04. The maximum Gasteiger partial charge on any atom is 0.268 e. The molecule has 0 radical (unpaired) electrons. The van der Waals surface area contributed by atoms with Crippen LogP contribution in [0.25, 0.3) is 0 Å². The molecule has 4 aromatic carbocycles. The molecule has 3 aliphatic heterocycles. The molecule has 1 spiro atoms. The summed E-state index contributed by atoms with van der Waals surface area (Å²) < 4.78 is 14.7. The van der Waals surface area contributed by atoms with Crippen LogP contribution in [0.4, 0.5) is 17.1 Å². The van der Waals surface area contributed by atoms with Crippen LogP contribution in [-0.4, -0.2) is 66.4 Å². The van der Waals surface area contributed by atoms with Crippen molar-refractivity contribution in [1.29, 1.82) is 0 Å². The number of β-lactam (4-membered cyclic amide) rings is 1. The number of anilines is 3. The van der Waals surface area contributed by atoms with Gasteiger partial charge in [-0.25, -0.2) is 0 Å². The highest BCUT2D eigenvalue weighted by Crippen LogP contribution is 2.61. The molecule has 0 saturated carbocycles. The molecule has 1 unspecified atom stereocenters. The fourth-order valence-electron chi connectivity index (χ4n) is 8.98. The Morgan fingerprint density at radius 3 is 2.32 bits per heavy atom. The van der Waals surface area contributed by atoms with Crippen LogP contribution in [0.1, 0.15) is 42.5 Å². The van der Waals surface area contributed by atoms with Gasteiger partial charge < -0.3 is 19.5 Å². The van der Waals surface area contributed by atoms with Crippen molar-refractivity contribution in [2.24, 2.45) is 5.92 Å². The zero-order valence-electron chi connectivity index (χ0n) is 30.6. The largest absolute Gasteiger partial charge is 0.497 e. The Morgan fingerprint density at radius 2 is 1.68 bits per heavy atom. The number of fused-ring (bicyclic) bond motifs is 2. The number of nitrogens with zero attached hydrogens (tertiary/aromatic N) is 5. The highest BCUT2D eigenvalue weighted by molar-refractivity contribution is 6.91. The molecule has 5 atom stereocenters. The molecule has 2 saturated heterocycles. The zero-order valence-corrected chi connectivity index (χ0v) is 31.6. The standard InChI is InChI=1S/C42H45N5O5Si/c1-28-40(53(3,4)33-18-16-32(51-2)17-19-33)38(21-23-45-26-36(43-44-45)34(27-48)29-11-7-5-8-12-29)52-42(28)35-25-31(46-24-22-39(46)49)15-20-37(35)47(41(42)50)30-13-9-6-10-14-30/h5-20,25-26,28,34,38,40,48H,21-24,27H2,1-4H3/t28-,34?,38+,40-,42+/m1/s1. The molecule has 0 aliphatic carbocycles. The topological polar surface area (TPSA) is 110 Å². The summed E-state index contributed by atoms with van der Waals surface area (Å²) in [5.74, 6) is 0.278. The molecule has 2 amide bonds. The minimum atomic E-state index is -2.39. The molecule has 1 N–H and O–H groups in total. The van der Waals surface area contributed by atoms with Gasteiger partial charge in [-0.15, -0.1) is 5.10 Å². The van der Waals surface area contributed by atoms with Gasteiger partial charge in [-0.1, -0.05) is 91.1 Å². The predicted octanol–water partition coefficient (Wildman–Crippen LogP) is 6.13. The Morgan fingerprint density at radius 1 is 0.962 bits per heavy atom. The molecule has 8 rings (SSSR count). The number of aliphatic hydroxyl groups excluding tert-OH is 1. The second kappa shape index (κ2) is 13.7. The number of benzene rings is 4. The van der Waals surface area contributed by atoms with Gasteiger partial charge in [0.1, 0.15) is 5.75 Å². The molecule has 5 aromatic rings. The molecular weight excluding hydrogens is 683 g/mol. The SMILES string of the molecule is COc1ccc([Si](C)(C)[C@H]2[C@H](CCn3cc(C(CO)c4ccccc4)nn3)O[C@@]3(C(=O)N(c4ccccc4)c4ccc(N5CCC5=O)cc43)[C@@H]2C)cc1. The van der Waals surface area contributed by atoms with Gasteiger partial charge in [0.25, 0.3) is 5.91 Å². The van der Waals surface area contributed by atoms with E-state index in [1.165, 1.54) is 5.19 Å². The summed E-state index contributed by atoms with van der Waals surface area (Å²) in [5.41, 5.74) is 3.58. The van der Waals surface area contributed by atoms with Gasteiger partial charge in [0, 0.05) is 48.6 Å². The van der Waals surface area contributed by atoms with Gasteiger partial charge in [0.05, 0.1) is 45.2 Å². The van der Waals surface area contributed by atoms with Crippen molar-refractivity contribution >= 4 is 42.1 Å². The quantitative estimate of drug-likeness (QED) is 0.129. The first-order chi connectivity index (χ1) is 25.7. The molecule has 2 fully saturated rings. The third-order valence-corrected chi connectivity index (χ3v) is 16.2. The van der Waals surface area contributed by atoms with Crippen LogP contribution in [0.2, 0.25) is 18.6 Å². The third-order valence-electron chi connectivity index (χ3n) is 11.8. The summed E-state index contributed by atoms with van der Waals surface area (Å²) in [5, 5.41) is 20.5. The first kappa shape index (κ1) is 35.0. The number of para-hydroxylation sites is 1. The van der Waals surface area contributed by atoms with Crippen LogP contribution in [0.15, 0.2) is 109 Å². The molecule has 272 valence electrons. The highest BCUT2D eigenvalue weighted by atomic mass is 28.3. The van der Waals surface area contributed by atoms with Gasteiger partial charge in [0.2, 0.25) is 5.91 Å². The number of hydrogen-bond donors (Lipinski definition) is 1. The lowest BCUT2D eigenvalue weighted by molar-refractivity contribution is -0.145. The van der Waals surface area contributed by atoms with Gasteiger partial charge >= 0.3 is 0 Å². The molecule has 0 bridgehead atoms. The zero-order chi connectivity index (χ0) is 36.9. The van der Waals surface area contributed by atoms with Crippen molar-refractivity contribution in [3.8, 4) is 5.75 Å². The third kappa shape index (κ3) is 5.78.